The van der Waals surface area contributed by atoms with Crippen molar-refractivity contribution in [2.45, 2.75) is 30.0 Å². The van der Waals surface area contributed by atoms with Gasteiger partial charge in [0.2, 0.25) is 5.28 Å². The van der Waals surface area contributed by atoms with E-state index < -0.39 is 48.5 Å². The minimum absolute atomic E-state index is 0.00992. The predicted octanol–water partition coefficient (Wildman–Crippen LogP) is 0.600. The number of aliphatic carboxylic acids is 2. The molecule has 14 nitrogen and oxygen atoms in total. The van der Waals surface area contributed by atoms with Crippen LogP contribution in [-0.2, 0) is 30.2 Å². The summed E-state index contributed by atoms with van der Waals surface area (Å²) in [5, 5.41) is 42.3. The van der Waals surface area contributed by atoms with Crippen LogP contribution in [0.3, 0.4) is 0 Å². The topological polar surface area (TPSA) is 190 Å². The van der Waals surface area contributed by atoms with Crippen LogP contribution >= 0.6 is 11.6 Å². The largest absolute Gasteiger partial charge is 0.479 e. The zero-order valence-electron chi connectivity index (χ0n) is 22.5. The van der Waals surface area contributed by atoms with E-state index in [9.17, 15) is 30.0 Å². The lowest BCUT2D eigenvalue weighted by atomic mass is 9.92. The monoisotopic (exact) mass is 591 g/mol. The van der Waals surface area contributed by atoms with Gasteiger partial charge in [-0.05, 0) is 17.2 Å². The molecule has 0 radical (unpaired) electrons. The summed E-state index contributed by atoms with van der Waals surface area (Å²) >= 11 is 6.14. The van der Waals surface area contributed by atoms with Gasteiger partial charge in [0.1, 0.15) is 6.10 Å². The predicted molar refractivity (Wildman–Crippen MR) is 145 cm³/mol. The number of carboxylic acid groups (broad SMARTS) is 2. The lowest BCUT2D eigenvalue weighted by Gasteiger charge is -2.36. The Morgan fingerprint density at radius 2 is 1.85 bits per heavy atom. The highest BCUT2D eigenvalue weighted by Crippen LogP contribution is 2.32. The van der Waals surface area contributed by atoms with E-state index in [-0.39, 0.29) is 16.4 Å². The number of aliphatic hydroxyl groups is 2. The lowest BCUT2D eigenvalue weighted by molar-refractivity contribution is -0.202. The first-order chi connectivity index (χ1) is 19.4. The highest BCUT2D eigenvalue weighted by molar-refractivity contribution is 6.28. The van der Waals surface area contributed by atoms with Crippen molar-refractivity contribution in [1.29, 1.82) is 0 Å². The number of rotatable bonds is 15. The molecular weight excluding hydrogens is 562 g/mol. The third-order valence-electron chi connectivity index (χ3n) is 6.50. The molecule has 0 unspecified atom stereocenters. The van der Waals surface area contributed by atoms with Gasteiger partial charge >= 0.3 is 11.9 Å². The van der Waals surface area contributed by atoms with Crippen LogP contribution in [0.4, 0.5) is 5.82 Å². The summed E-state index contributed by atoms with van der Waals surface area (Å²) in [4.78, 5) is 38.6. The third kappa shape index (κ3) is 6.41. The Labute approximate surface area is 240 Å². The number of carbonyl (C=O) groups is 2. The first-order valence-corrected chi connectivity index (χ1v) is 12.5. The van der Waals surface area contributed by atoms with Crippen LogP contribution in [0.15, 0.2) is 36.7 Å². The highest BCUT2D eigenvalue weighted by atomic mass is 35.5. The van der Waals surface area contributed by atoms with Crippen LogP contribution in [-0.4, -0.2) is 110 Å². The molecule has 0 fully saturated rings. The molecule has 3 aromatic rings. The van der Waals surface area contributed by atoms with Gasteiger partial charge in [0, 0.05) is 34.2 Å². The molecule has 2 heterocycles. The fraction of sp³-hybridized carbons (Fsp3) is 0.423. The van der Waals surface area contributed by atoms with Crippen LogP contribution in [0.1, 0.15) is 11.8 Å². The minimum atomic E-state index is -2.76. The lowest BCUT2D eigenvalue weighted by Crippen LogP contribution is -2.56. The average molecular weight is 592 g/mol. The molecule has 15 heteroatoms. The fourth-order valence-electron chi connectivity index (χ4n) is 4.09. The van der Waals surface area contributed by atoms with Gasteiger partial charge in [0.25, 0.3) is 5.60 Å². The number of halogens is 1. The van der Waals surface area contributed by atoms with Gasteiger partial charge in [-0.3, -0.25) is 4.57 Å². The maximum absolute atomic E-state index is 12.2. The Morgan fingerprint density at radius 3 is 2.41 bits per heavy atom. The average Bonchev–Trinajstić information content (AvgIpc) is 3.38. The molecule has 1 aromatic carbocycles. The first kappa shape index (κ1) is 31.7. The number of aromatic nitrogens is 4. The van der Waals surface area contributed by atoms with E-state index in [0.717, 1.165) is 18.0 Å². The quantitative estimate of drug-likeness (QED) is 0.109. The molecule has 0 aliphatic heterocycles. The van der Waals surface area contributed by atoms with Crippen molar-refractivity contribution in [2.24, 2.45) is 0 Å². The van der Waals surface area contributed by atoms with Gasteiger partial charge in [-0.25, -0.2) is 14.6 Å². The van der Waals surface area contributed by atoms with Gasteiger partial charge in [-0.15, -0.1) is 6.42 Å². The van der Waals surface area contributed by atoms with E-state index in [1.807, 2.05) is 0 Å². The molecule has 220 valence electrons. The van der Waals surface area contributed by atoms with E-state index in [1.54, 1.807) is 30.1 Å². The summed E-state index contributed by atoms with van der Waals surface area (Å²) < 4.78 is 16.9. The summed E-state index contributed by atoms with van der Waals surface area (Å²) in [5.74, 6) is -1.20. The Balaban J connectivity index is 1.97. The molecule has 2 aromatic heterocycles. The van der Waals surface area contributed by atoms with E-state index in [2.05, 4.69) is 20.9 Å². The summed E-state index contributed by atoms with van der Waals surface area (Å²) in [6, 6.07) is 7.98. The number of aliphatic hydroxyl groups excluding tert-OH is 1. The van der Waals surface area contributed by atoms with E-state index in [0.29, 0.717) is 24.5 Å². The molecule has 0 saturated heterocycles. The van der Waals surface area contributed by atoms with Crippen molar-refractivity contribution >= 4 is 40.5 Å². The number of likely N-dealkylation sites (N-methyl/N-ethyl adjacent to an activating group) is 1. The number of hydrogen-bond acceptors (Lipinski definition) is 11. The van der Waals surface area contributed by atoms with Crippen molar-refractivity contribution in [3.8, 4) is 12.3 Å². The maximum atomic E-state index is 12.2. The zero-order chi connectivity index (χ0) is 30.4. The molecular formula is C26H30ClN5O9. The normalized spacial score (nSPS) is 14.7. The number of ether oxygens (including phenoxy) is 3. The van der Waals surface area contributed by atoms with E-state index >= 15 is 0 Å². The minimum Gasteiger partial charge on any atom is -0.479 e. The smallest absolute Gasteiger partial charge is 0.348 e. The van der Waals surface area contributed by atoms with E-state index in [1.165, 1.54) is 19.2 Å². The molecule has 4 N–H and O–H groups in total. The molecule has 3 rings (SSSR count). The second-order valence-electron chi connectivity index (χ2n) is 9.03. The second-order valence-corrected chi connectivity index (χ2v) is 9.37. The number of methoxy groups -OCH3 is 2. The molecule has 0 aliphatic rings. The van der Waals surface area contributed by atoms with E-state index in [4.69, 9.17) is 32.2 Å². The van der Waals surface area contributed by atoms with Crippen LogP contribution in [0.5, 0.6) is 0 Å². The summed E-state index contributed by atoms with van der Waals surface area (Å²) in [5.41, 5.74) is -4.77. The number of benzene rings is 1. The Kier molecular flexibility index (Phi) is 10.2. The molecule has 3 atom stereocenters. The molecule has 0 bridgehead atoms. The zero-order valence-corrected chi connectivity index (χ0v) is 23.2. The highest BCUT2D eigenvalue weighted by Gasteiger charge is 2.51. The SMILES string of the molecule is C#C[C@@](O)([C@@H](COC(Cc1ccccc1)(C(=O)O)C(=O)O)OC)[C@@H](O)n1cnc2c(N(C)CCOC)nc(Cl)nc21. The van der Waals surface area contributed by atoms with Crippen LogP contribution < -0.4 is 4.90 Å². The molecule has 0 amide bonds. The van der Waals surface area contributed by atoms with Gasteiger partial charge in [0.05, 0.1) is 19.5 Å². The first-order valence-electron chi connectivity index (χ1n) is 12.1. The molecule has 0 aliphatic carbocycles. The van der Waals surface area contributed by atoms with Crippen LogP contribution in [0.2, 0.25) is 5.28 Å². The van der Waals surface area contributed by atoms with Gasteiger partial charge in [0.15, 0.2) is 28.8 Å². The standard InChI is InChI=1S/C26H30ClN5O9/c1-5-25(38,17(40-4)14-41-26(22(34)35,23(36)37)13-16-9-7-6-8-10-16)21(33)32-15-28-18-19(31(2)11-12-39-3)29-24(27)30-20(18)32/h1,6-10,15,17,21,33,38H,11-14H2,2-4H3,(H,34,35)(H,36,37)/t17-,21-,25-/m1/s1. The Hall–Kier alpha value is -3.84. The fourth-order valence-corrected chi connectivity index (χ4v) is 4.25. The second kappa shape index (κ2) is 13.2. The van der Waals surface area contributed by atoms with Crippen LogP contribution in [0, 0.1) is 12.3 Å². The van der Waals surface area contributed by atoms with Crippen molar-refractivity contribution < 1.29 is 44.2 Å². The van der Waals surface area contributed by atoms with Crippen LogP contribution in [0.25, 0.3) is 11.2 Å². The van der Waals surface area contributed by atoms with Gasteiger partial charge in [-0.2, -0.15) is 9.97 Å². The van der Waals surface area contributed by atoms with Crippen molar-refractivity contribution in [2.75, 3.05) is 45.9 Å². The summed E-state index contributed by atoms with van der Waals surface area (Å²) in [6.45, 7) is -0.0511. The van der Waals surface area contributed by atoms with Gasteiger partial charge in [-0.1, -0.05) is 36.3 Å². The number of terminal acetylenes is 1. The van der Waals surface area contributed by atoms with Crippen molar-refractivity contribution in [3.05, 3.63) is 47.5 Å². The molecule has 0 spiro atoms. The number of fused-ring (bicyclic) bond motifs is 1. The summed E-state index contributed by atoms with van der Waals surface area (Å²) in [7, 11) is 4.38. The Morgan fingerprint density at radius 1 is 1.20 bits per heavy atom. The molecule has 0 saturated carbocycles. The van der Waals surface area contributed by atoms with Crippen molar-refractivity contribution in [1.82, 2.24) is 19.5 Å². The maximum Gasteiger partial charge on any atom is 0.348 e. The number of anilines is 1. The number of nitrogens with zero attached hydrogens (tertiary/aromatic N) is 5. The number of hydrogen-bond donors (Lipinski definition) is 4. The number of imidazole rings is 1. The summed E-state index contributed by atoms with van der Waals surface area (Å²) in [6.07, 6.45) is 2.62. The van der Waals surface area contributed by atoms with Gasteiger partial charge < -0.3 is 39.5 Å². The third-order valence-corrected chi connectivity index (χ3v) is 6.67. The Bertz CT molecular complexity index is 1400. The number of carboxylic acids is 2. The van der Waals surface area contributed by atoms with Crippen molar-refractivity contribution in [3.63, 3.8) is 0 Å². The molecule has 41 heavy (non-hydrogen) atoms.